The number of benzene rings is 1. The number of aromatic hydroxyl groups is 1. The first-order valence-corrected chi connectivity index (χ1v) is 5.11. The summed E-state index contributed by atoms with van der Waals surface area (Å²) in [6.45, 7) is 5.04. The van der Waals surface area contributed by atoms with Crippen LogP contribution in [-0.2, 0) is 4.79 Å². The van der Waals surface area contributed by atoms with E-state index in [1.54, 1.807) is 19.9 Å². The lowest BCUT2D eigenvalue weighted by atomic mass is 10.0. The summed E-state index contributed by atoms with van der Waals surface area (Å²) in [6.07, 6.45) is 0.364. The third-order valence-corrected chi connectivity index (χ3v) is 2.62. The van der Waals surface area contributed by atoms with Gasteiger partial charge in [-0.25, -0.2) is 4.79 Å². The smallest absolute Gasteiger partial charge is 0.347 e. The highest BCUT2D eigenvalue weighted by atomic mass is 16.5. The Balaban J connectivity index is 2.99. The van der Waals surface area contributed by atoms with Crippen molar-refractivity contribution in [2.75, 3.05) is 0 Å². The summed E-state index contributed by atoms with van der Waals surface area (Å²) in [5.74, 6) is -0.384. The maximum Gasteiger partial charge on any atom is 0.347 e. The molecule has 0 heterocycles. The van der Waals surface area contributed by atoms with E-state index in [0.717, 1.165) is 0 Å². The molecular formula is C12H16O4. The lowest BCUT2D eigenvalue weighted by Gasteiger charge is -2.25. The minimum atomic E-state index is -1.23. The lowest BCUT2D eigenvalue weighted by Crippen LogP contribution is -2.40. The van der Waals surface area contributed by atoms with Crippen LogP contribution in [0.15, 0.2) is 18.2 Å². The summed E-state index contributed by atoms with van der Waals surface area (Å²) in [5, 5.41) is 18.3. The van der Waals surface area contributed by atoms with Gasteiger partial charge in [0.1, 0.15) is 11.5 Å². The fourth-order valence-electron chi connectivity index (χ4n) is 1.26. The van der Waals surface area contributed by atoms with Crippen LogP contribution in [-0.4, -0.2) is 21.8 Å². The summed E-state index contributed by atoms with van der Waals surface area (Å²) in [7, 11) is 0. The Morgan fingerprint density at radius 1 is 1.50 bits per heavy atom. The van der Waals surface area contributed by atoms with Gasteiger partial charge in [0.05, 0.1) is 0 Å². The maximum atomic E-state index is 11.1. The number of rotatable bonds is 4. The molecule has 0 saturated carbocycles. The molecule has 1 rings (SSSR count). The molecule has 1 aromatic carbocycles. The van der Waals surface area contributed by atoms with E-state index in [1.165, 1.54) is 19.1 Å². The predicted molar refractivity (Wildman–Crippen MR) is 59.8 cm³/mol. The molecule has 2 N–H and O–H groups in total. The van der Waals surface area contributed by atoms with Crippen LogP contribution < -0.4 is 4.74 Å². The molecule has 88 valence electrons. The Bertz CT molecular complexity index is 400. The van der Waals surface area contributed by atoms with Gasteiger partial charge in [0.15, 0.2) is 0 Å². The van der Waals surface area contributed by atoms with Crippen LogP contribution in [0.4, 0.5) is 0 Å². The van der Waals surface area contributed by atoms with Crippen molar-refractivity contribution < 1.29 is 19.7 Å². The Morgan fingerprint density at radius 2 is 2.12 bits per heavy atom. The average molecular weight is 224 g/mol. The third kappa shape index (κ3) is 2.45. The number of carboxylic acid groups (broad SMARTS) is 1. The second-order valence-corrected chi connectivity index (χ2v) is 3.94. The molecule has 1 aromatic rings. The number of carboxylic acids is 1. The average Bonchev–Trinajstić information content (AvgIpc) is 2.22. The number of carbonyl (C=O) groups is 1. The normalized spacial score (nSPS) is 14.2. The van der Waals surface area contributed by atoms with Gasteiger partial charge < -0.3 is 14.9 Å². The highest BCUT2D eigenvalue weighted by Gasteiger charge is 2.33. The van der Waals surface area contributed by atoms with Gasteiger partial charge in [0.2, 0.25) is 5.60 Å². The second kappa shape index (κ2) is 4.43. The Kier molecular flexibility index (Phi) is 3.42. The Hall–Kier alpha value is -1.71. The second-order valence-electron chi connectivity index (χ2n) is 3.94. The Morgan fingerprint density at radius 3 is 2.56 bits per heavy atom. The number of aliphatic carboxylic acids is 1. The summed E-state index contributed by atoms with van der Waals surface area (Å²) in [4.78, 5) is 11.1. The van der Waals surface area contributed by atoms with Crippen LogP contribution in [0.2, 0.25) is 0 Å². The molecule has 0 spiro atoms. The van der Waals surface area contributed by atoms with Gasteiger partial charge in [0.25, 0.3) is 0 Å². The molecule has 0 amide bonds. The molecule has 0 saturated heterocycles. The van der Waals surface area contributed by atoms with E-state index in [0.29, 0.717) is 17.7 Å². The van der Waals surface area contributed by atoms with Gasteiger partial charge in [-0.2, -0.15) is 0 Å². The van der Waals surface area contributed by atoms with Crippen molar-refractivity contribution in [2.45, 2.75) is 32.8 Å². The van der Waals surface area contributed by atoms with Crippen LogP contribution in [0.3, 0.4) is 0 Å². The molecule has 4 heteroatoms. The standard InChI is InChI=1S/C12H16O4/c1-4-12(3,11(14)15)16-10-6-5-9(13)7-8(10)2/h5-7,13H,4H2,1-3H3,(H,14,15). The number of hydrogen-bond donors (Lipinski definition) is 2. The van der Waals surface area contributed by atoms with Gasteiger partial charge in [-0.15, -0.1) is 0 Å². The molecule has 1 atom stereocenters. The molecule has 0 aliphatic carbocycles. The lowest BCUT2D eigenvalue weighted by molar-refractivity contribution is -0.154. The number of phenols is 1. The van der Waals surface area contributed by atoms with Gasteiger partial charge in [-0.1, -0.05) is 6.92 Å². The molecule has 0 aliphatic rings. The first kappa shape index (κ1) is 12.4. The van der Waals surface area contributed by atoms with Gasteiger partial charge in [0, 0.05) is 0 Å². The quantitative estimate of drug-likeness (QED) is 0.823. The van der Waals surface area contributed by atoms with E-state index in [-0.39, 0.29) is 5.75 Å². The molecule has 1 unspecified atom stereocenters. The van der Waals surface area contributed by atoms with Crippen LogP contribution in [0.1, 0.15) is 25.8 Å². The minimum absolute atomic E-state index is 0.137. The molecule has 0 radical (unpaired) electrons. The summed E-state index contributed by atoms with van der Waals surface area (Å²) in [6, 6.07) is 4.58. The number of aryl methyl sites for hydroxylation is 1. The number of hydrogen-bond acceptors (Lipinski definition) is 3. The van der Waals surface area contributed by atoms with Crippen LogP contribution in [0.5, 0.6) is 11.5 Å². The monoisotopic (exact) mass is 224 g/mol. The first-order chi connectivity index (χ1) is 7.39. The van der Waals surface area contributed by atoms with E-state index >= 15 is 0 Å². The van der Waals surface area contributed by atoms with Gasteiger partial charge in [-0.05, 0) is 44.0 Å². The van der Waals surface area contributed by atoms with Gasteiger partial charge >= 0.3 is 5.97 Å². The molecule has 16 heavy (non-hydrogen) atoms. The summed E-state index contributed by atoms with van der Waals surface area (Å²) < 4.78 is 5.49. The largest absolute Gasteiger partial charge is 0.508 e. The number of ether oxygens (including phenoxy) is 1. The minimum Gasteiger partial charge on any atom is -0.508 e. The van der Waals surface area contributed by atoms with E-state index in [4.69, 9.17) is 9.84 Å². The highest BCUT2D eigenvalue weighted by Crippen LogP contribution is 2.27. The zero-order chi connectivity index (χ0) is 12.3. The molecule has 0 bridgehead atoms. The topological polar surface area (TPSA) is 66.8 Å². The summed E-state index contributed by atoms with van der Waals surface area (Å²) in [5.41, 5.74) is -0.525. The van der Waals surface area contributed by atoms with Crippen molar-refractivity contribution in [3.8, 4) is 11.5 Å². The SMILES string of the molecule is CCC(C)(Oc1ccc(O)cc1C)C(=O)O. The highest BCUT2D eigenvalue weighted by molar-refractivity contribution is 5.77. The van der Waals surface area contributed by atoms with Crippen LogP contribution >= 0.6 is 0 Å². The fraction of sp³-hybridized carbons (Fsp3) is 0.417. The third-order valence-electron chi connectivity index (χ3n) is 2.62. The zero-order valence-electron chi connectivity index (χ0n) is 9.65. The van der Waals surface area contributed by atoms with Crippen LogP contribution in [0.25, 0.3) is 0 Å². The maximum absolute atomic E-state index is 11.1. The molecule has 0 fully saturated rings. The van der Waals surface area contributed by atoms with Crippen molar-refractivity contribution in [2.24, 2.45) is 0 Å². The number of phenolic OH excluding ortho intramolecular Hbond substituents is 1. The van der Waals surface area contributed by atoms with Crippen molar-refractivity contribution in [1.82, 2.24) is 0 Å². The van der Waals surface area contributed by atoms with Gasteiger partial charge in [-0.3, -0.25) is 0 Å². The van der Waals surface area contributed by atoms with E-state index in [1.807, 2.05) is 0 Å². The molecule has 4 nitrogen and oxygen atoms in total. The van der Waals surface area contributed by atoms with Crippen molar-refractivity contribution in [3.05, 3.63) is 23.8 Å². The fourth-order valence-corrected chi connectivity index (χ4v) is 1.26. The van der Waals surface area contributed by atoms with E-state index < -0.39 is 11.6 Å². The van der Waals surface area contributed by atoms with Crippen molar-refractivity contribution >= 4 is 5.97 Å². The van der Waals surface area contributed by atoms with E-state index in [2.05, 4.69) is 0 Å². The van der Waals surface area contributed by atoms with E-state index in [9.17, 15) is 9.90 Å². The van der Waals surface area contributed by atoms with Crippen molar-refractivity contribution in [3.63, 3.8) is 0 Å². The molecule has 0 aromatic heterocycles. The zero-order valence-corrected chi connectivity index (χ0v) is 9.65. The predicted octanol–water partition coefficient (Wildman–Crippen LogP) is 2.33. The molecular weight excluding hydrogens is 208 g/mol. The Labute approximate surface area is 94.5 Å². The molecule has 0 aliphatic heterocycles. The summed E-state index contributed by atoms with van der Waals surface area (Å²) >= 11 is 0. The van der Waals surface area contributed by atoms with Crippen molar-refractivity contribution in [1.29, 1.82) is 0 Å². The first-order valence-electron chi connectivity index (χ1n) is 5.11. The van der Waals surface area contributed by atoms with Crippen LogP contribution in [0, 0.1) is 6.92 Å².